The third kappa shape index (κ3) is 3.91. The smallest absolute Gasteiger partial charge is 0.0820 e. The molecule has 88 valence electrons. The van der Waals surface area contributed by atoms with Gasteiger partial charge in [0.1, 0.15) is 0 Å². The summed E-state index contributed by atoms with van der Waals surface area (Å²) in [6.07, 6.45) is 4.86. The van der Waals surface area contributed by atoms with Gasteiger partial charge in [-0.3, -0.25) is 0 Å². The summed E-state index contributed by atoms with van der Waals surface area (Å²) in [6.45, 7) is 2.55. The van der Waals surface area contributed by atoms with Crippen LogP contribution < -0.4 is 24.0 Å². The van der Waals surface area contributed by atoms with E-state index in [1.54, 1.807) is 5.57 Å². The van der Waals surface area contributed by atoms with Crippen LogP contribution in [0.1, 0.15) is 18.4 Å². The zero-order valence-electron chi connectivity index (χ0n) is 10.1. The van der Waals surface area contributed by atoms with Crippen molar-refractivity contribution in [3.05, 3.63) is 41.5 Å². The van der Waals surface area contributed by atoms with Gasteiger partial charge < -0.3 is 28.5 Å². The van der Waals surface area contributed by atoms with Crippen LogP contribution in [0.3, 0.4) is 0 Å². The van der Waals surface area contributed by atoms with Crippen LogP contribution in [0.2, 0.25) is 0 Å². The minimum Gasteiger partial charge on any atom is -1.00 e. The van der Waals surface area contributed by atoms with Crippen molar-refractivity contribution in [2.75, 3.05) is 27.2 Å². The second-order valence-corrected chi connectivity index (χ2v) is 5.10. The van der Waals surface area contributed by atoms with Crippen LogP contribution in [0.4, 0.5) is 0 Å². The van der Waals surface area contributed by atoms with Gasteiger partial charge in [0.15, 0.2) is 0 Å². The van der Waals surface area contributed by atoms with Crippen LogP contribution >= 0.6 is 0 Å². The Morgan fingerprint density at radius 1 is 1.00 bits per heavy atom. The van der Waals surface area contributed by atoms with Gasteiger partial charge in [-0.05, 0) is 5.56 Å². The lowest BCUT2D eigenvalue weighted by Gasteiger charge is -2.34. The van der Waals surface area contributed by atoms with Crippen LogP contribution in [0.15, 0.2) is 35.9 Å². The molecule has 0 N–H and O–H groups in total. The average Bonchev–Trinajstić information content (AvgIpc) is 2.23. The van der Waals surface area contributed by atoms with Gasteiger partial charge in [-0.2, -0.15) is 0 Å². The molecule has 1 aromatic rings. The number of quaternary nitrogens is 1. The molecule has 1 aromatic carbocycles. The average molecular weight is 329 g/mol. The van der Waals surface area contributed by atoms with E-state index in [4.69, 9.17) is 0 Å². The quantitative estimate of drug-likeness (QED) is 0.500. The molecular formula is C14H20IN. The van der Waals surface area contributed by atoms with Gasteiger partial charge in [0.05, 0.1) is 27.2 Å². The summed E-state index contributed by atoms with van der Waals surface area (Å²) < 4.78 is 1.17. The molecule has 0 saturated carbocycles. The predicted molar refractivity (Wildman–Crippen MR) is 65.5 cm³/mol. The first-order chi connectivity index (χ1) is 7.16. The van der Waals surface area contributed by atoms with Crippen molar-refractivity contribution in [1.29, 1.82) is 0 Å². The maximum Gasteiger partial charge on any atom is 0.0820 e. The molecule has 1 aliphatic heterocycles. The first kappa shape index (κ1) is 13.7. The lowest BCUT2D eigenvalue weighted by molar-refractivity contribution is -0.892. The summed E-state index contributed by atoms with van der Waals surface area (Å²) in [7, 11) is 4.64. The SMILES string of the molecule is C[N+]1(C)CCC(=Cc2ccccc2)CC1.[I-]. The maximum atomic E-state index is 2.36. The van der Waals surface area contributed by atoms with Crippen molar-refractivity contribution in [3.8, 4) is 0 Å². The standard InChI is InChI=1S/C14H20N.HI/c1-15(2)10-8-14(9-11-15)12-13-6-4-3-5-7-13;/h3-7,12H,8-11H2,1-2H3;1H/q+1;/p-1. The Labute approximate surface area is 116 Å². The van der Waals surface area contributed by atoms with Crippen molar-refractivity contribution in [2.45, 2.75) is 12.8 Å². The van der Waals surface area contributed by atoms with Crippen molar-refractivity contribution >= 4 is 6.08 Å². The third-order valence-corrected chi connectivity index (χ3v) is 3.25. The zero-order chi connectivity index (χ0) is 10.7. The lowest BCUT2D eigenvalue weighted by atomic mass is 10.00. The Morgan fingerprint density at radius 2 is 1.56 bits per heavy atom. The molecule has 2 rings (SSSR count). The summed E-state index contributed by atoms with van der Waals surface area (Å²) in [5.41, 5.74) is 2.96. The lowest BCUT2D eigenvalue weighted by Crippen LogP contribution is -3.00. The summed E-state index contributed by atoms with van der Waals surface area (Å²) in [6, 6.07) is 10.6. The Morgan fingerprint density at radius 3 is 2.12 bits per heavy atom. The Bertz CT molecular complexity index is 342. The second kappa shape index (κ2) is 5.82. The fraction of sp³-hybridized carbons (Fsp3) is 0.429. The molecule has 16 heavy (non-hydrogen) atoms. The summed E-state index contributed by atoms with van der Waals surface area (Å²) in [5, 5.41) is 0. The van der Waals surface area contributed by atoms with E-state index in [9.17, 15) is 0 Å². The second-order valence-electron chi connectivity index (χ2n) is 5.10. The number of piperidine rings is 1. The highest BCUT2D eigenvalue weighted by Crippen LogP contribution is 2.21. The molecule has 0 radical (unpaired) electrons. The van der Waals surface area contributed by atoms with Gasteiger partial charge in [-0.25, -0.2) is 0 Å². The summed E-state index contributed by atoms with van der Waals surface area (Å²) >= 11 is 0. The molecule has 0 aromatic heterocycles. The Kier molecular flexibility index (Phi) is 4.99. The Balaban J connectivity index is 0.00000128. The van der Waals surface area contributed by atoms with E-state index in [1.807, 2.05) is 0 Å². The van der Waals surface area contributed by atoms with E-state index in [-0.39, 0.29) is 24.0 Å². The van der Waals surface area contributed by atoms with Gasteiger partial charge in [0.25, 0.3) is 0 Å². The van der Waals surface area contributed by atoms with Gasteiger partial charge in [0, 0.05) is 12.8 Å². The molecule has 0 aliphatic carbocycles. The normalized spacial score (nSPS) is 18.8. The summed E-state index contributed by atoms with van der Waals surface area (Å²) in [4.78, 5) is 0. The molecule has 0 bridgehead atoms. The fourth-order valence-corrected chi connectivity index (χ4v) is 2.06. The third-order valence-electron chi connectivity index (χ3n) is 3.25. The highest BCUT2D eigenvalue weighted by Gasteiger charge is 2.21. The molecule has 2 heteroatoms. The number of likely N-dealkylation sites (tertiary alicyclic amines) is 1. The highest BCUT2D eigenvalue weighted by molar-refractivity contribution is 5.52. The van der Waals surface area contributed by atoms with E-state index in [0.717, 1.165) is 0 Å². The molecule has 1 fully saturated rings. The van der Waals surface area contributed by atoms with E-state index in [0.29, 0.717) is 0 Å². The predicted octanol–water partition coefficient (Wildman–Crippen LogP) is -0.0558. The number of rotatable bonds is 1. The number of hydrogen-bond donors (Lipinski definition) is 0. The Hall–Kier alpha value is -0.350. The van der Waals surface area contributed by atoms with E-state index in [1.165, 1.54) is 36.0 Å². The minimum atomic E-state index is 0. The molecule has 1 heterocycles. The van der Waals surface area contributed by atoms with Crippen molar-refractivity contribution in [2.24, 2.45) is 0 Å². The fourth-order valence-electron chi connectivity index (χ4n) is 2.06. The van der Waals surface area contributed by atoms with Crippen LogP contribution in [-0.2, 0) is 0 Å². The van der Waals surface area contributed by atoms with Crippen LogP contribution in [0, 0.1) is 0 Å². The number of halogens is 1. The van der Waals surface area contributed by atoms with E-state index >= 15 is 0 Å². The monoisotopic (exact) mass is 329 g/mol. The highest BCUT2D eigenvalue weighted by atomic mass is 127. The van der Waals surface area contributed by atoms with Crippen LogP contribution in [0.5, 0.6) is 0 Å². The molecular weight excluding hydrogens is 309 g/mol. The maximum absolute atomic E-state index is 2.36. The molecule has 1 nitrogen and oxygen atoms in total. The first-order valence-electron chi connectivity index (χ1n) is 5.72. The van der Waals surface area contributed by atoms with Crippen molar-refractivity contribution in [3.63, 3.8) is 0 Å². The molecule has 1 aliphatic rings. The number of hydrogen-bond acceptors (Lipinski definition) is 0. The summed E-state index contributed by atoms with van der Waals surface area (Å²) in [5.74, 6) is 0. The van der Waals surface area contributed by atoms with Crippen molar-refractivity contribution in [1.82, 2.24) is 0 Å². The molecule has 0 atom stereocenters. The van der Waals surface area contributed by atoms with E-state index in [2.05, 4.69) is 50.5 Å². The van der Waals surface area contributed by atoms with E-state index < -0.39 is 0 Å². The van der Waals surface area contributed by atoms with Gasteiger partial charge in [0.2, 0.25) is 0 Å². The van der Waals surface area contributed by atoms with Gasteiger partial charge >= 0.3 is 0 Å². The molecule has 0 unspecified atom stereocenters. The number of nitrogens with zero attached hydrogens (tertiary/aromatic N) is 1. The molecule has 0 spiro atoms. The topological polar surface area (TPSA) is 0 Å². The van der Waals surface area contributed by atoms with Gasteiger partial charge in [-0.1, -0.05) is 42.0 Å². The largest absolute Gasteiger partial charge is 1.00 e. The first-order valence-corrected chi connectivity index (χ1v) is 5.72. The van der Waals surface area contributed by atoms with Gasteiger partial charge in [-0.15, -0.1) is 0 Å². The molecule has 1 saturated heterocycles. The van der Waals surface area contributed by atoms with Crippen LogP contribution in [0.25, 0.3) is 6.08 Å². The van der Waals surface area contributed by atoms with Crippen molar-refractivity contribution < 1.29 is 28.5 Å². The zero-order valence-corrected chi connectivity index (χ0v) is 12.3. The molecule has 0 amide bonds. The van der Waals surface area contributed by atoms with Crippen LogP contribution in [-0.4, -0.2) is 31.7 Å². The number of benzene rings is 1. The minimum absolute atomic E-state index is 0.